The van der Waals surface area contributed by atoms with Gasteiger partial charge in [-0.05, 0) is 31.9 Å². The summed E-state index contributed by atoms with van der Waals surface area (Å²) in [4.78, 5) is 70.8. The highest BCUT2D eigenvalue weighted by molar-refractivity contribution is 5.80. The van der Waals surface area contributed by atoms with Crippen molar-refractivity contribution in [2.75, 3.05) is 33.4 Å². The molecule has 4 N–H and O–H groups in total. The van der Waals surface area contributed by atoms with Crippen LogP contribution >= 0.6 is 0 Å². The van der Waals surface area contributed by atoms with Crippen LogP contribution < -0.4 is 21.8 Å². The first-order chi connectivity index (χ1) is 20.4. The van der Waals surface area contributed by atoms with Gasteiger partial charge < -0.3 is 9.47 Å². The molecule has 0 saturated heterocycles. The van der Waals surface area contributed by atoms with E-state index in [2.05, 4.69) is 21.1 Å². The third kappa shape index (κ3) is 15.9. The molecule has 0 atom stereocenters. The Morgan fingerprint density at radius 3 is 1.60 bits per heavy atom. The number of carbonyl (C=O) groups excluding carboxylic acids is 5. The normalized spacial score (nSPS) is 11.0. The molecule has 0 radical (unpaired) electrons. The summed E-state index contributed by atoms with van der Waals surface area (Å²) < 4.78 is 9.70. The number of hydrogen-bond donors (Lipinski definition) is 4. The molecule has 0 aliphatic heterocycles. The van der Waals surface area contributed by atoms with Crippen LogP contribution in [0.4, 0.5) is 4.79 Å². The van der Waals surface area contributed by atoms with Gasteiger partial charge in [-0.2, -0.15) is 5.48 Å². The number of rotatable bonds is 16. The fraction of sp³-hybridized carbons (Fsp3) is 0.393. The second kappa shape index (κ2) is 18.1. The largest absolute Gasteiger partial charge is 0.468 e. The Morgan fingerprint density at radius 2 is 1.14 bits per heavy atom. The fourth-order valence-corrected chi connectivity index (χ4v) is 3.36. The minimum absolute atomic E-state index is 0.141. The molecular weight excluding hydrogens is 564 g/mol. The van der Waals surface area contributed by atoms with Gasteiger partial charge in [-0.25, -0.2) is 20.3 Å². The van der Waals surface area contributed by atoms with E-state index in [9.17, 15) is 24.0 Å². The summed E-state index contributed by atoms with van der Waals surface area (Å²) in [5.41, 5.74) is 10.1. The molecule has 0 aromatic heterocycles. The summed E-state index contributed by atoms with van der Waals surface area (Å²) in [6, 6.07) is 18.2. The molecule has 0 aliphatic carbocycles. The van der Waals surface area contributed by atoms with Crippen LogP contribution in [0.2, 0.25) is 0 Å². The van der Waals surface area contributed by atoms with Crippen molar-refractivity contribution in [2.24, 2.45) is 0 Å². The van der Waals surface area contributed by atoms with Crippen molar-refractivity contribution in [3.63, 3.8) is 0 Å². The van der Waals surface area contributed by atoms with Crippen molar-refractivity contribution in [3.05, 3.63) is 71.8 Å². The summed E-state index contributed by atoms with van der Waals surface area (Å²) in [7, 11) is 1.24. The van der Waals surface area contributed by atoms with Crippen molar-refractivity contribution in [1.82, 2.24) is 31.8 Å². The zero-order valence-electron chi connectivity index (χ0n) is 24.6. The standard InChI is InChI=1S/C28H38N6O9/c1-28(2,3)43-27(39)32-42-20-25(37)29-33(15-21-11-7-5-8-12-21)17-23(35)31-41-19-24(36)30-34(18-26(38)40-4)16-22-13-9-6-10-14-22/h5-14H,15-20H2,1-4H3,(H,29,37)(H,30,36)(H,31,35)(H,32,39). The molecule has 2 aromatic rings. The highest BCUT2D eigenvalue weighted by Gasteiger charge is 2.19. The number of nitrogens with zero attached hydrogens (tertiary/aromatic N) is 2. The van der Waals surface area contributed by atoms with Crippen LogP contribution in [0.15, 0.2) is 60.7 Å². The highest BCUT2D eigenvalue weighted by atomic mass is 16.7. The number of benzene rings is 2. The molecule has 0 spiro atoms. The number of methoxy groups -OCH3 is 1. The molecule has 2 rings (SSSR count). The SMILES string of the molecule is COC(=O)CN(Cc1ccccc1)NC(=O)CONC(=O)CN(Cc1ccccc1)NC(=O)CONC(=O)OC(C)(C)C. The lowest BCUT2D eigenvalue weighted by Crippen LogP contribution is -2.49. The van der Waals surface area contributed by atoms with E-state index in [1.54, 1.807) is 45.0 Å². The number of carbonyl (C=O) groups is 5. The summed E-state index contributed by atoms with van der Waals surface area (Å²) in [5, 5.41) is 2.65. The van der Waals surface area contributed by atoms with E-state index in [0.717, 1.165) is 11.1 Å². The van der Waals surface area contributed by atoms with Gasteiger partial charge in [0, 0.05) is 13.1 Å². The fourth-order valence-electron chi connectivity index (χ4n) is 3.36. The Labute approximate surface area is 249 Å². The van der Waals surface area contributed by atoms with Gasteiger partial charge in [0.2, 0.25) is 0 Å². The van der Waals surface area contributed by atoms with Crippen molar-refractivity contribution in [3.8, 4) is 0 Å². The number of hydroxylamine groups is 2. The maximum atomic E-state index is 12.6. The van der Waals surface area contributed by atoms with Gasteiger partial charge in [0.15, 0.2) is 13.2 Å². The first-order valence-corrected chi connectivity index (χ1v) is 13.2. The van der Waals surface area contributed by atoms with E-state index in [4.69, 9.17) is 14.4 Å². The van der Waals surface area contributed by atoms with Crippen LogP contribution in [0.3, 0.4) is 0 Å². The number of amides is 4. The number of hydrogen-bond acceptors (Lipinski definition) is 11. The summed E-state index contributed by atoms with van der Waals surface area (Å²) in [6.45, 7) is 3.69. The maximum absolute atomic E-state index is 12.6. The molecule has 2 aromatic carbocycles. The average molecular weight is 603 g/mol. The highest BCUT2D eigenvalue weighted by Crippen LogP contribution is 2.06. The zero-order chi connectivity index (χ0) is 31.7. The van der Waals surface area contributed by atoms with Crippen LogP contribution in [-0.4, -0.2) is 78.8 Å². The predicted molar refractivity (Wildman–Crippen MR) is 151 cm³/mol. The quantitative estimate of drug-likeness (QED) is 0.157. The monoisotopic (exact) mass is 602 g/mol. The third-order valence-corrected chi connectivity index (χ3v) is 5.03. The van der Waals surface area contributed by atoms with E-state index in [-0.39, 0.29) is 26.2 Å². The molecular formula is C28H38N6O9. The van der Waals surface area contributed by atoms with Crippen LogP contribution in [0.5, 0.6) is 0 Å². The predicted octanol–water partition coefficient (Wildman–Crippen LogP) is 0.730. The van der Waals surface area contributed by atoms with Crippen molar-refractivity contribution < 1.29 is 43.1 Å². The molecule has 15 nitrogen and oxygen atoms in total. The molecule has 0 heterocycles. The van der Waals surface area contributed by atoms with E-state index < -0.39 is 48.6 Å². The number of ether oxygens (including phenoxy) is 2. The van der Waals surface area contributed by atoms with Gasteiger partial charge in [0.1, 0.15) is 12.1 Å². The average Bonchev–Trinajstić information content (AvgIpc) is 2.93. The van der Waals surface area contributed by atoms with E-state index in [0.29, 0.717) is 0 Å². The van der Waals surface area contributed by atoms with Gasteiger partial charge in [0.05, 0.1) is 13.7 Å². The first kappa shape index (κ1) is 34.6. The second-order valence-corrected chi connectivity index (χ2v) is 10.0. The molecule has 0 saturated carbocycles. The molecule has 234 valence electrons. The molecule has 0 bridgehead atoms. The van der Waals surface area contributed by atoms with Crippen LogP contribution in [-0.2, 0) is 51.4 Å². The zero-order valence-corrected chi connectivity index (χ0v) is 24.6. The number of esters is 1. The molecule has 0 aliphatic rings. The Bertz CT molecular complexity index is 1190. The van der Waals surface area contributed by atoms with Crippen molar-refractivity contribution in [1.29, 1.82) is 0 Å². The minimum atomic E-state index is -0.865. The Hall–Kier alpha value is -4.57. The third-order valence-electron chi connectivity index (χ3n) is 5.03. The molecule has 43 heavy (non-hydrogen) atoms. The van der Waals surface area contributed by atoms with Gasteiger partial charge in [0.25, 0.3) is 17.7 Å². The van der Waals surface area contributed by atoms with Crippen LogP contribution in [0.1, 0.15) is 31.9 Å². The lowest BCUT2D eigenvalue weighted by molar-refractivity contribution is -0.146. The van der Waals surface area contributed by atoms with E-state index in [1.807, 2.05) is 41.9 Å². The van der Waals surface area contributed by atoms with Crippen molar-refractivity contribution in [2.45, 2.75) is 39.5 Å². The summed E-state index contributed by atoms with van der Waals surface area (Å²) in [5.74, 6) is -2.53. The Kier molecular flexibility index (Phi) is 14.6. The van der Waals surface area contributed by atoms with E-state index in [1.165, 1.54) is 17.1 Å². The maximum Gasteiger partial charge on any atom is 0.431 e. The van der Waals surface area contributed by atoms with Gasteiger partial charge in [-0.3, -0.25) is 39.7 Å². The first-order valence-electron chi connectivity index (χ1n) is 13.2. The Morgan fingerprint density at radius 1 is 0.674 bits per heavy atom. The smallest absolute Gasteiger partial charge is 0.431 e. The lowest BCUT2D eigenvalue weighted by atomic mass is 10.2. The summed E-state index contributed by atoms with van der Waals surface area (Å²) >= 11 is 0. The van der Waals surface area contributed by atoms with Gasteiger partial charge >= 0.3 is 12.1 Å². The molecule has 0 fully saturated rings. The van der Waals surface area contributed by atoms with Gasteiger partial charge in [-0.1, -0.05) is 60.7 Å². The number of nitrogens with one attached hydrogen (secondary N) is 4. The lowest BCUT2D eigenvalue weighted by Gasteiger charge is -2.23. The van der Waals surface area contributed by atoms with Crippen molar-refractivity contribution >= 4 is 29.8 Å². The molecule has 0 unspecified atom stereocenters. The van der Waals surface area contributed by atoms with Crippen LogP contribution in [0, 0.1) is 0 Å². The number of hydrazine groups is 2. The minimum Gasteiger partial charge on any atom is -0.468 e. The molecule has 4 amide bonds. The van der Waals surface area contributed by atoms with Gasteiger partial charge in [-0.15, -0.1) is 0 Å². The van der Waals surface area contributed by atoms with Crippen LogP contribution in [0.25, 0.3) is 0 Å². The molecule has 15 heteroatoms. The second-order valence-electron chi connectivity index (χ2n) is 10.0. The summed E-state index contributed by atoms with van der Waals surface area (Å²) in [6.07, 6.45) is -0.865. The topological polar surface area (TPSA) is 177 Å². The Balaban J connectivity index is 1.85. The van der Waals surface area contributed by atoms with E-state index >= 15 is 0 Å².